The molecule has 0 aromatic heterocycles. The number of benzene rings is 2. The summed E-state index contributed by atoms with van der Waals surface area (Å²) in [6.45, 7) is 0.390. The lowest BCUT2D eigenvalue weighted by Crippen LogP contribution is -2.25. The third kappa shape index (κ3) is 4.85. The molecule has 3 rings (SSSR count). The molecule has 0 saturated heterocycles. The smallest absolute Gasteiger partial charge is 0.251 e. The van der Waals surface area contributed by atoms with Crippen molar-refractivity contribution >= 4 is 23.2 Å². The van der Waals surface area contributed by atoms with E-state index in [0.717, 1.165) is 36.9 Å². The SMILES string of the molecule is Nc1cccc(C(=O)NCc2cccc(NC(=O)C3CCCCC3)c2)c1. The second-order valence-electron chi connectivity index (χ2n) is 6.83. The molecule has 1 fully saturated rings. The second kappa shape index (κ2) is 8.52. The van der Waals surface area contributed by atoms with E-state index in [2.05, 4.69) is 10.6 Å². The standard InChI is InChI=1S/C21H25N3O2/c22-18-10-5-9-17(13-18)20(25)23-14-15-6-4-11-19(12-15)24-21(26)16-7-2-1-3-8-16/h4-6,9-13,16H,1-3,7-8,14,22H2,(H,23,25)(H,24,26). The summed E-state index contributed by atoms with van der Waals surface area (Å²) in [7, 11) is 0. The molecule has 0 atom stereocenters. The number of nitrogen functional groups attached to an aromatic ring is 1. The first-order chi connectivity index (χ1) is 12.6. The number of hydrogen-bond acceptors (Lipinski definition) is 3. The van der Waals surface area contributed by atoms with Gasteiger partial charge in [0.05, 0.1) is 0 Å². The molecule has 0 spiro atoms. The van der Waals surface area contributed by atoms with Crippen LogP contribution in [0.2, 0.25) is 0 Å². The fraction of sp³-hybridized carbons (Fsp3) is 0.333. The predicted molar refractivity (Wildman–Crippen MR) is 104 cm³/mol. The van der Waals surface area contributed by atoms with E-state index in [0.29, 0.717) is 17.8 Å². The molecule has 1 aliphatic carbocycles. The number of amides is 2. The van der Waals surface area contributed by atoms with Crippen LogP contribution in [0.1, 0.15) is 48.0 Å². The Bertz CT molecular complexity index is 782. The zero-order valence-corrected chi connectivity index (χ0v) is 14.8. The van der Waals surface area contributed by atoms with Gasteiger partial charge in [-0.25, -0.2) is 0 Å². The Labute approximate surface area is 154 Å². The van der Waals surface area contributed by atoms with Gasteiger partial charge in [-0.15, -0.1) is 0 Å². The van der Waals surface area contributed by atoms with Crippen molar-refractivity contribution in [1.29, 1.82) is 0 Å². The highest BCUT2D eigenvalue weighted by Gasteiger charge is 2.21. The third-order valence-corrected chi connectivity index (χ3v) is 4.77. The number of nitrogens with two attached hydrogens (primary N) is 1. The van der Waals surface area contributed by atoms with Crippen LogP contribution in [0.4, 0.5) is 11.4 Å². The molecule has 0 aliphatic heterocycles. The van der Waals surface area contributed by atoms with Gasteiger partial charge in [0.25, 0.3) is 5.91 Å². The lowest BCUT2D eigenvalue weighted by Gasteiger charge is -2.20. The molecular formula is C21H25N3O2. The lowest BCUT2D eigenvalue weighted by molar-refractivity contribution is -0.120. The van der Waals surface area contributed by atoms with Crippen LogP contribution in [0.3, 0.4) is 0 Å². The van der Waals surface area contributed by atoms with E-state index in [1.165, 1.54) is 6.42 Å². The van der Waals surface area contributed by atoms with Gasteiger partial charge < -0.3 is 16.4 Å². The predicted octanol–water partition coefficient (Wildman–Crippen LogP) is 3.72. The number of hydrogen-bond donors (Lipinski definition) is 3. The van der Waals surface area contributed by atoms with Gasteiger partial charge in [0.2, 0.25) is 5.91 Å². The molecule has 1 saturated carbocycles. The van der Waals surface area contributed by atoms with Crippen molar-refractivity contribution in [2.24, 2.45) is 5.92 Å². The summed E-state index contributed by atoms with van der Waals surface area (Å²) in [5.41, 5.74) is 8.51. The molecule has 1 aliphatic rings. The van der Waals surface area contributed by atoms with Crippen LogP contribution in [0, 0.1) is 5.92 Å². The fourth-order valence-electron chi connectivity index (χ4n) is 3.33. The maximum atomic E-state index is 12.4. The Morgan fingerprint density at radius 3 is 2.54 bits per heavy atom. The summed E-state index contributed by atoms with van der Waals surface area (Å²) in [6.07, 6.45) is 5.44. The average molecular weight is 351 g/mol. The number of rotatable bonds is 5. The zero-order chi connectivity index (χ0) is 18.4. The van der Waals surface area contributed by atoms with Crippen LogP contribution in [-0.2, 0) is 11.3 Å². The number of carbonyl (C=O) groups is 2. The van der Waals surface area contributed by atoms with Crippen LogP contribution in [-0.4, -0.2) is 11.8 Å². The monoisotopic (exact) mass is 351 g/mol. The van der Waals surface area contributed by atoms with Crippen LogP contribution in [0.5, 0.6) is 0 Å². The first kappa shape index (κ1) is 18.0. The second-order valence-corrected chi connectivity index (χ2v) is 6.83. The quantitative estimate of drug-likeness (QED) is 0.718. The largest absolute Gasteiger partial charge is 0.399 e. The molecule has 2 amide bonds. The summed E-state index contributed by atoms with van der Waals surface area (Å²) in [6, 6.07) is 14.5. The zero-order valence-electron chi connectivity index (χ0n) is 14.8. The number of nitrogens with one attached hydrogen (secondary N) is 2. The van der Waals surface area contributed by atoms with Crippen LogP contribution in [0.15, 0.2) is 48.5 Å². The van der Waals surface area contributed by atoms with Crippen molar-refractivity contribution in [2.75, 3.05) is 11.1 Å². The summed E-state index contributed by atoms with van der Waals surface area (Å²) in [5, 5.41) is 5.89. The van der Waals surface area contributed by atoms with Crippen molar-refractivity contribution in [1.82, 2.24) is 5.32 Å². The fourth-order valence-corrected chi connectivity index (χ4v) is 3.33. The van der Waals surface area contributed by atoms with E-state index in [1.54, 1.807) is 24.3 Å². The minimum Gasteiger partial charge on any atom is -0.399 e. The van der Waals surface area contributed by atoms with Gasteiger partial charge in [-0.3, -0.25) is 9.59 Å². The Morgan fingerprint density at radius 2 is 1.77 bits per heavy atom. The van der Waals surface area contributed by atoms with E-state index >= 15 is 0 Å². The molecular weight excluding hydrogens is 326 g/mol. The van der Waals surface area contributed by atoms with Gasteiger partial charge in [0, 0.05) is 29.4 Å². The molecule has 0 bridgehead atoms. The van der Waals surface area contributed by atoms with Crippen LogP contribution < -0.4 is 16.4 Å². The lowest BCUT2D eigenvalue weighted by atomic mass is 9.88. The van der Waals surface area contributed by atoms with Crippen molar-refractivity contribution in [3.05, 3.63) is 59.7 Å². The van der Waals surface area contributed by atoms with Crippen molar-refractivity contribution in [3.8, 4) is 0 Å². The van der Waals surface area contributed by atoms with Crippen molar-refractivity contribution in [3.63, 3.8) is 0 Å². The maximum Gasteiger partial charge on any atom is 0.251 e. The van der Waals surface area contributed by atoms with E-state index in [9.17, 15) is 9.59 Å². The molecule has 5 nitrogen and oxygen atoms in total. The van der Waals surface area contributed by atoms with Crippen molar-refractivity contribution < 1.29 is 9.59 Å². The van der Waals surface area contributed by atoms with Crippen molar-refractivity contribution in [2.45, 2.75) is 38.6 Å². The molecule has 0 unspecified atom stereocenters. The Hall–Kier alpha value is -2.82. The summed E-state index contributed by atoms with van der Waals surface area (Å²) < 4.78 is 0. The molecule has 136 valence electrons. The topological polar surface area (TPSA) is 84.2 Å². The minimum absolute atomic E-state index is 0.102. The normalized spacial score (nSPS) is 14.6. The molecule has 26 heavy (non-hydrogen) atoms. The Kier molecular flexibility index (Phi) is 5.89. The molecule has 0 radical (unpaired) electrons. The maximum absolute atomic E-state index is 12.4. The van der Waals surface area contributed by atoms with E-state index in [4.69, 9.17) is 5.73 Å². The van der Waals surface area contributed by atoms with Gasteiger partial charge in [-0.2, -0.15) is 0 Å². The molecule has 4 N–H and O–H groups in total. The van der Waals surface area contributed by atoms with E-state index < -0.39 is 0 Å². The summed E-state index contributed by atoms with van der Waals surface area (Å²) >= 11 is 0. The highest BCUT2D eigenvalue weighted by atomic mass is 16.2. The highest BCUT2D eigenvalue weighted by Crippen LogP contribution is 2.25. The van der Waals surface area contributed by atoms with E-state index in [1.807, 2.05) is 24.3 Å². The first-order valence-corrected chi connectivity index (χ1v) is 9.15. The van der Waals surface area contributed by atoms with Crippen LogP contribution in [0.25, 0.3) is 0 Å². The van der Waals surface area contributed by atoms with Crippen LogP contribution >= 0.6 is 0 Å². The van der Waals surface area contributed by atoms with Gasteiger partial charge in [0.1, 0.15) is 0 Å². The molecule has 2 aromatic rings. The summed E-state index contributed by atoms with van der Waals surface area (Å²) in [5.74, 6) is 0.0511. The molecule has 0 heterocycles. The summed E-state index contributed by atoms with van der Waals surface area (Å²) in [4.78, 5) is 24.6. The van der Waals surface area contributed by atoms with Gasteiger partial charge >= 0.3 is 0 Å². The van der Waals surface area contributed by atoms with E-state index in [-0.39, 0.29) is 17.7 Å². The first-order valence-electron chi connectivity index (χ1n) is 9.15. The van der Waals surface area contributed by atoms with Gasteiger partial charge in [0.15, 0.2) is 0 Å². The molecule has 2 aromatic carbocycles. The Morgan fingerprint density at radius 1 is 1.00 bits per heavy atom. The highest BCUT2D eigenvalue weighted by molar-refractivity contribution is 5.95. The Balaban J connectivity index is 1.57. The molecule has 5 heteroatoms. The average Bonchev–Trinajstić information content (AvgIpc) is 2.67. The van der Waals surface area contributed by atoms with Gasteiger partial charge in [-0.1, -0.05) is 37.5 Å². The third-order valence-electron chi connectivity index (χ3n) is 4.77. The number of anilines is 2. The van der Waals surface area contributed by atoms with Gasteiger partial charge in [-0.05, 0) is 48.7 Å². The minimum atomic E-state index is -0.172. The number of carbonyl (C=O) groups excluding carboxylic acids is 2.